The Kier molecular flexibility index (Phi) is 3.77. The Morgan fingerprint density at radius 2 is 2.00 bits per heavy atom. The van der Waals surface area contributed by atoms with Gasteiger partial charge in [0.05, 0.1) is 6.20 Å². The van der Waals surface area contributed by atoms with Gasteiger partial charge in [-0.05, 0) is 43.0 Å². The fourth-order valence-electron chi connectivity index (χ4n) is 1.81. The van der Waals surface area contributed by atoms with Crippen LogP contribution in [-0.4, -0.2) is 9.78 Å². The lowest BCUT2D eigenvalue weighted by Gasteiger charge is -2.05. The van der Waals surface area contributed by atoms with Crippen LogP contribution in [0.2, 0.25) is 0 Å². The van der Waals surface area contributed by atoms with E-state index in [1.54, 1.807) is 12.3 Å². The standard InChI is InChI=1S/C14H17N3O/c1-11-9-14(18)17(16-10-11)8-2-3-12-4-6-13(15)7-5-12/h4-7,9-10H,2-3,8,15H2,1H3. The van der Waals surface area contributed by atoms with Gasteiger partial charge in [0.2, 0.25) is 0 Å². The Balaban J connectivity index is 1.92. The first kappa shape index (κ1) is 12.4. The number of hydrogen-bond acceptors (Lipinski definition) is 3. The first-order valence-corrected chi connectivity index (χ1v) is 6.03. The second-order valence-electron chi connectivity index (χ2n) is 4.44. The normalized spacial score (nSPS) is 10.5. The molecule has 0 spiro atoms. The zero-order valence-electron chi connectivity index (χ0n) is 10.5. The second-order valence-corrected chi connectivity index (χ2v) is 4.44. The third kappa shape index (κ3) is 3.20. The molecule has 1 aromatic carbocycles. The molecule has 18 heavy (non-hydrogen) atoms. The van der Waals surface area contributed by atoms with Crippen molar-refractivity contribution < 1.29 is 0 Å². The van der Waals surface area contributed by atoms with Crippen LogP contribution in [0.4, 0.5) is 5.69 Å². The summed E-state index contributed by atoms with van der Waals surface area (Å²) in [7, 11) is 0. The van der Waals surface area contributed by atoms with Crippen LogP contribution >= 0.6 is 0 Å². The second kappa shape index (κ2) is 5.49. The fourth-order valence-corrected chi connectivity index (χ4v) is 1.81. The molecular weight excluding hydrogens is 226 g/mol. The Hall–Kier alpha value is -2.10. The van der Waals surface area contributed by atoms with Crippen molar-refractivity contribution in [2.45, 2.75) is 26.3 Å². The molecule has 4 heteroatoms. The SMILES string of the molecule is Cc1cnn(CCCc2ccc(N)cc2)c(=O)c1. The Labute approximate surface area is 106 Å². The maximum Gasteiger partial charge on any atom is 0.266 e. The molecule has 2 N–H and O–H groups in total. The number of benzene rings is 1. The predicted octanol–water partition coefficient (Wildman–Crippen LogP) is 1.77. The van der Waals surface area contributed by atoms with Gasteiger partial charge in [0.25, 0.3) is 5.56 Å². The van der Waals surface area contributed by atoms with E-state index in [-0.39, 0.29) is 5.56 Å². The molecule has 94 valence electrons. The Morgan fingerprint density at radius 3 is 2.67 bits per heavy atom. The summed E-state index contributed by atoms with van der Waals surface area (Å²) in [6, 6.07) is 9.43. The topological polar surface area (TPSA) is 60.9 Å². The number of nitrogens with zero attached hydrogens (tertiary/aromatic N) is 2. The van der Waals surface area contributed by atoms with Crippen molar-refractivity contribution in [1.82, 2.24) is 9.78 Å². The third-order valence-corrected chi connectivity index (χ3v) is 2.82. The van der Waals surface area contributed by atoms with E-state index >= 15 is 0 Å². The van der Waals surface area contributed by atoms with Crippen LogP contribution < -0.4 is 11.3 Å². The maximum atomic E-state index is 11.6. The first-order valence-electron chi connectivity index (χ1n) is 6.03. The lowest BCUT2D eigenvalue weighted by atomic mass is 10.1. The summed E-state index contributed by atoms with van der Waals surface area (Å²) in [6.45, 7) is 2.51. The number of rotatable bonds is 4. The van der Waals surface area contributed by atoms with Gasteiger partial charge < -0.3 is 5.73 Å². The molecule has 2 rings (SSSR count). The molecule has 0 saturated carbocycles. The van der Waals surface area contributed by atoms with Crippen molar-refractivity contribution in [2.75, 3.05) is 5.73 Å². The van der Waals surface area contributed by atoms with Crippen LogP contribution in [0.3, 0.4) is 0 Å². The van der Waals surface area contributed by atoms with Crippen LogP contribution in [0.5, 0.6) is 0 Å². The van der Waals surface area contributed by atoms with E-state index in [9.17, 15) is 4.79 Å². The van der Waals surface area contributed by atoms with Crippen LogP contribution in [0.15, 0.2) is 41.3 Å². The average molecular weight is 243 g/mol. The van der Waals surface area contributed by atoms with Crippen LogP contribution in [0.25, 0.3) is 0 Å². The molecule has 2 aromatic rings. The molecule has 0 saturated heterocycles. The van der Waals surface area contributed by atoms with Gasteiger partial charge in [-0.1, -0.05) is 12.1 Å². The van der Waals surface area contributed by atoms with E-state index in [4.69, 9.17) is 5.73 Å². The number of nitrogens with two attached hydrogens (primary N) is 1. The molecule has 0 fully saturated rings. The first-order chi connectivity index (χ1) is 8.65. The highest BCUT2D eigenvalue weighted by Gasteiger charge is 1.98. The van der Waals surface area contributed by atoms with Crippen molar-refractivity contribution in [3.8, 4) is 0 Å². The van der Waals surface area contributed by atoms with Gasteiger partial charge in [0.15, 0.2) is 0 Å². The average Bonchev–Trinajstić information content (AvgIpc) is 2.34. The lowest BCUT2D eigenvalue weighted by molar-refractivity contribution is 0.547. The van der Waals surface area contributed by atoms with Gasteiger partial charge in [-0.15, -0.1) is 0 Å². The molecule has 0 bridgehead atoms. The summed E-state index contributed by atoms with van der Waals surface area (Å²) in [5.41, 5.74) is 8.49. The summed E-state index contributed by atoms with van der Waals surface area (Å²) >= 11 is 0. The van der Waals surface area contributed by atoms with Crippen molar-refractivity contribution in [3.63, 3.8) is 0 Å². The number of hydrogen-bond donors (Lipinski definition) is 1. The lowest BCUT2D eigenvalue weighted by Crippen LogP contribution is -2.22. The van der Waals surface area contributed by atoms with Crippen molar-refractivity contribution in [3.05, 3.63) is 58.0 Å². The highest BCUT2D eigenvalue weighted by molar-refractivity contribution is 5.39. The Morgan fingerprint density at radius 1 is 1.28 bits per heavy atom. The van der Waals surface area contributed by atoms with Crippen molar-refractivity contribution in [2.24, 2.45) is 0 Å². The quantitative estimate of drug-likeness (QED) is 0.832. The minimum atomic E-state index is -0.0349. The van der Waals surface area contributed by atoms with Crippen LogP contribution in [0, 0.1) is 6.92 Å². The minimum absolute atomic E-state index is 0.0349. The van der Waals surface area contributed by atoms with Gasteiger partial charge in [-0.3, -0.25) is 4.79 Å². The monoisotopic (exact) mass is 243 g/mol. The highest BCUT2D eigenvalue weighted by atomic mass is 16.1. The molecule has 0 aliphatic heterocycles. The molecule has 4 nitrogen and oxygen atoms in total. The zero-order chi connectivity index (χ0) is 13.0. The van der Waals surface area contributed by atoms with Gasteiger partial charge in [0, 0.05) is 18.3 Å². The number of nitrogen functional groups attached to an aromatic ring is 1. The van der Waals surface area contributed by atoms with Gasteiger partial charge >= 0.3 is 0 Å². The van der Waals surface area contributed by atoms with E-state index in [0.717, 1.165) is 24.1 Å². The highest BCUT2D eigenvalue weighted by Crippen LogP contribution is 2.07. The number of aromatic nitrogens is 2. The Bertz CT molecular complexity index is 572. The van der Waals surface area contributed by atoms with E-state index in [1.165, 1.54) is 10.2 Å². The molecule has 1 aromatic heterocycles. The predicted molar refractivity (Wildman–Crippen MR) is 72.4 cm³/mol. The summed E-state index contributed by atoms with van der Waals surface area (Å²) in [5, 5.41) is 4.11. The largest absolute Gasteiger partial charge is 0.399 e. The molecule has 0 aliphatic carbocycles. The van der Waals surface area contributed by atoms with Gasteiger partial charge in [-0.25, -0.2) is 4.68 Å². The minimum Gasteiger partial charge on any atom is -0.399 e. The molecule has 0 amide bonds. The maximum absolute atomic E-state index is 11.6. The summed E-state index contributed by atoms with van der Waals surface area (Å²) in [4.78, 5) is 11.6. The molecule has 1 heterocycles. The van der Waals surface area contributed by atoms with Crippen LogP contribution in [0.1, 0.15) is 17.5 Å². The van der Waals surface area contributed by atoms with E-state index in [0.29, 0.717) is 6.54 Å². The van der Waals surface area contributed by atoms with E-state index in [2.05, 4.69) is 5.10 Å². The van der Waals surface area contributed by atoms with Crippen molar-refractivity contribution >= 4 is 5.69 Å². The summed E-state index contributed by atoms with van der Waals surface area (Å²) < 4.78 is 1.50. The molecule has 0 radical (unpaired) electrons. The molecular formula is C14H17N3O. The number of aryl methyl sites for hydroxylation is 3. The molecule has 0 atom stereocenters. The fraction of sp³-hybridized carbons (Fsp3) is 0.286. The summed E-state index contributed by atoms with van der Waals surface area (Å²) in [6.07, 6.45) is 3.52. The van der Waals surface area contributed by atoms with Gasteiger partial charge in [0.1, 0.15) is 0 Å². The van der Waals surface area contributed by atoms with Crippen molar-refractivity contribution in [1.29, 1.82) is 0 Å². The smallest absolute Gasteiger partial charge is 0.266 e. The van der Waals surface area contributed by atoms with Crippen LogP contribution in [-0.2, 0) is 13.0 Å². The third-order valence-electron chi connectivity index (χ3n) is 2.82. The van der Waals surface area contributed by atoms with E-state index in [1.807, 2.05) is 31.2 Å². The number of anilines is 1. The van der Waals surface area contributed by atoms with Gasteiger partial charge in [-0.2, -0.15) is 5.10 Å². The van der Waals surface area contributed by atoms with E-state index < -0.39 is 0 Å². The molecule has 0 aliphatic rings. The summed E-state index contributed by atoms with van der Waals surface area (Å²) in [5.74, 6) is 0. The molecule has 0 unspecified atom stereocenters. The zero-order valence-corrected chi connectivity index (χ0v) is 10.5.